The average Bonchev–Trinajstić information content (AvgIpc) is 2.74. The molecule has 0 aromatic carbocycles. The van der Waals surface area contributed by atoms with Crippen molar-refractivity contribution in [1.29, 1.82) is 0 Å². The van der Waals surface area contributed by atoms with Crippen LogP contribution in [0.15, 0.2) is 23.3 Å². The Balaban J connectivity index is 1.65. The van der Waals surface area contributed by atoms with Gasteiger partial charge in [-0.15, -0.1) is 0 Å². The van der Waals surface area contributed by atoms with Gasteiger partial charge < -0.3 is 10.2 Å². The van der Waals surface area contributed by atoms with Gasteiger partial charge in [0.05, 0.1) is 6.10 Å². The second-order valence-electron chi connectivity index (χ2n) is 14.1. The third-order valence-electron chi connectivity index (χ3n) is 12.8. The number of hydrogen-bond acceptors (Lipinski definition) is 2. The van der Waals surface area contributed by atoms with Crippen LogP contribution in [0.1, 0.15) is 99.8 Å². The normalized spacial score (nSPS) is 54.3. The van der Waals surface area contributed by atoms with Crippen LogP contribution in [0.3, 0.4) is 0 Å². The topological polar surface area (TPSA) is 40.5 Å². The van der Waals surface area contributed by atoms with E-state index >= 15 is 0 Å². The molecule has 0 heterocycles. The first-order valence-electron chi connectivity index (χ1n) is 13.6. The van der Waals surface area contributed by atoms with Crippen molar-refractivity contribution in [3.63, 3.8) is 0 Å². The number of aliphatic hydroxyl groups is 2. The van der Waals surface area contributed by atoms with Crippen molar-refractivity contribution < 1.29 is 10.2 Å². The maximum atomic E-state index is 10.9. The predicted molar refractivity (Wildman–Crippen MR) is 132 cm³/mol. The van der Waals surface area contributed by atoms with Crippen LogP contribution in [0, 0.1) is 50.7 Å². The van der Waals surface area contributed by atoms with Crippen molar-refractivity contribution in [3.8, 4) is 0 Å². The van der Waals surface area contributed by atoms with Gasteiger partial charge in [0.1, 0.15) is 0 Å². The molecule has 0 aliphatic heterocycles. The number of hydrogen-bond donors (Lipinski definition) is 2. The number of allylic oxidation sites excluding steroid dienone is 4. The van der Waals surface area contributed by atoms with Crippen molar-refractivity contribution in [2.24, 2.45) is 50.7 Å². The summed E-state index contributed by atoms with van der Waals surface area (Å²) in [5.41, 5.74) is 3.96. The zero-order valence-electron chi connectivity index (χ0n) is 21.8. The Morgan fingerprint density at radius 1 is 0.844 bits per heavy atom. The molecular weight excluding hydrogens is 392 g/mol. The van der Waals surface area contributed by atoms with Crippen molar-refractivity contribution in [1.82, 2.24) is 0 Å². The van der Waals surface area contributed by atoms with Crippen LogP contribution in [-0.4, -0.2) is 22.9 Å². The van der Waals surface area contributed by atoms with E-state index in [4.69, 9.17) is 0 Å². The lowest BCUT2D eigenvalue weighted by atomic mass is 9.36. The summed E-state index contributed by atoms with van der Waals surface area (Å²) in [6.45, 7) is 17.6. The molecule has 5 aliphatic carbocycles. The number of rotatable bonds is 1. The van der Waals surface area contributed by atoms with Gasteiger partial charge in [-0.05, 0) is 96.7 Å². The molecule has 0 saturated heterocycles. The summed E-state index contributed by atoms with van der Waals surface area (Å²) >= 11 is 0. The van der Waals surface area contributed by atoms with Crippen LogP contribution in [-0.2, 0) is 0 Å². The molecule has 5 rings (SSSR count). The van der Waals surface area contributed by atoms with Gasteiger partial charge in [-0.2, -0.15) is 0 Å². The highest BCUT2D eigenvalue weighted by Gasteiger charge is 2.66. The Morgan fingerprint density at radius 3 is 2.25 bits per heavy atom. The summed E-state index contributed by atoms with van der Waals surface area (Å²) in [6, 6.07) is 0. The summed E-state index contributed by atoms with van der Waals surface area (Å²) in [4.78, 5) is 0. The van der Waals surface area contributed by atoms with E-state index in [1.807, 2.05) is 0 Å². The molecule has 0 aromatic rings. The predicted octanol–water partition coefficient (Wildman–Crippen LogP) is 6.92. The van der Waals surface area contributed by atoms with Crippen molar-refractivity contribution in [2.45, 2.75) is 106 Å². The van der Waals surface area contributed by atoms with E-state index in [0.29, 0.717) is 24.4 Å². The minimum atomic E-state index is -0.180. The van der Waals surface area contributed by atoms with Gasteiger partial charge in [-0.25, -0.2) is 0 Å². The third kappa shape index (κ3) is 2.61. The van der Waals surface area contributed by atoms with Crippen LogP contribution in [0.4, 0.5) is 0 Å². The molecule has 4 saturated carbocycles. The molecule has 0 amide bonds. The van der Waals surface area contributed by atoms with E-state index in [1.54, 1.807) is 11.1 Å². The Hall–Kier alpha value is -0.600. The van der Waals surface area contributed by atoms with Gasteiger partial charge in [0.2, 0.25) is 0 Å². The molecular formula is C30H48O2. The molecule has 0 unspecified atom stereocenters. The standard InChI is InChI=1S/C30H48O2/c1-19-10-15-30(18-31)17-16-28(6)21(25(30)20(19)2)8-9-23-27(5)13-12-24(32)26(3,4)22(27)11-14-29(23,28)7/h8-9,19-20,22,24-25,31-32H,10-18H2,1-7H3/t19-,20+,22+,24+,25+,27+,28-,29-,30-/m1/s1. The van der Waals surface area contributed by atoms with Crippen LogP contribution >= 0.6 is 0 Å². The lowest BCUT2D eigenvalue weighted by Gasteiger charge is -2.69. The van der Waals surface area contributed by atoms with E-state index in [0.717, 1.165) is 18.8 Å². The largest absolute Gasteiger partial charge is 0.396 e. The zero-order valence-corrected chi connectivity index (χ0v) is 21.8. The van der Waals surface area contributed by atoms with E-state index < -0.39 is 0 Å². The van der Waals surface area contributed by atoms with Crippen molar-refractivity contribution in [3.05, 3.63) is 23.3 Å². The molecule has 0 bridgehead atoms. The maximum absolute atomic E-state index is 10.9. The Morgan fingerprint density at radius 2 is 1.56 bits per heavy atom. The quantitative estimate of drug-likeness (QED) is 0.465. The third-order valence-corrected chi connectivity index (χ3v) is 12.8. The molecule has 2 heteroatoms. The fourth-order valence-corrected chi connectivity index (χ4v) is 10.2. The molecule has 4 fully saturated rings. The first kappa shape index (κ1) is 23.2. The fourth-order valence-electron chi connectivity index (χ4n) is 10.2. The molecule has 180 valence electrons. The lowest BCUT2D eigenvalue weighted by molar-refractivity contribution is -0.130. The molecule has 2 N–H and O–H groups in total. The second kappa shape index (κ2) is 6.97. The monoisotopic (exact) mass is 440 g/mol. The van der Waals surface area contributed by atoms with E-state index in [2.05, 4.69) is 60.6 Å². The molecule has 0 spiro atoms. The summed E-state index contributed by atoms with van der Waals surface area (Å²) < 4.78 is 0. The molecule has 0 aromatic heterocycles. The van der Waals surface area contributed by atoms with Crippen LogP contribution in [0.5, 0.6) is 0 Å². The van der Waals surface area contributed by atoms with Gasteiger partial charge in [0.25, 0.3) is 0 Å². The average molecular weight is 441 g/mol. The summed E-state index contributed by atoms with van der Waals surface area (Å²) in [6.07, 6.45) is 14.2. The Bertz CT molecular complexity index is 853. The van der Waals surface area contributed by atoms with Gasteiger partial charge >= 0.3 is 0 Å². The molecule has 5 aliphatic rings. The Kier molecular flexibility index (Phi) is 5.04. The van der Waals surface area contributed by atoms with Crippen LogP contribution in [0.2, 0.25) is 0 Å². The van der Waals surface area contributed by atoms with Gasteiger partial charge in [-0.1, -0.05) is 71.8 Å². The minimum absolute atomic E-state index is 0.0218. The van der Waals surface area contributed by atoms with Crippen LogP contribution < -0.4 is 0 Å². The van der Waals surface area contributed by atoms with Gasteiger partial charge in [0, 0.05) is 12.0 Å². The van der Waals surface area contributed by atoms with Crippen LogP contribution in [0.25, 0.3) is 0 Å². The first-order chi connectivity index (χ1) is 14.9. The lowest BCUT2D eigenvalue weighted by Crippen LogP contribution is -2.61. The molecule has 0 radical (unpaired) electrons. The molecule has 9 atom stereocenters. The Labute approximate surface area is 197 Å². The summed E-state index contributed by atoms with van der Waals surface area (Å²) in [5.74, 6) is 2.43. The maximum Gasteiger partial charge on any atom is 0.0594 e. The summed E-state index contributed by atoms with van der Waals surface area (Å²) in [7, 11) is 0. The zero-order chi connectivity index (χ0) is 23.3. The number of aliphatic hydroxyl groups excluding tert-OH is 2. The molecule has 2 nitrogen and oxygen atoms in total. The van der Waals surface area contributed by atoms with Gasteiger partial charge in [-0.3, -0.25) is 0 Å². The van der Waals surface area contributed by atoms with E-state index in [9.17, 15) is 10.2 Å². The first-order valence-corrected chi connectivity index (χ1v) is 13.6. The molecule has 32 heavy (non-hydrogen) atoms. The SMILES string of the molecule is C[C@H]1[C@H](C)CC[C@]2(CO)CC[C@]3(C)C(=CC=C4[C@@]5(C)CC[C@H](O)C(C)(C)[C@@H]5CC[C@]43C)[C@H]12. The highest BCUT2D eigenvalue weighted by atomic mass is 16.3. The van der Waals surface area contributed by atoms with Crippen molar-refractivity contribution >= 4 is 0 Å². The van der Waals surface area contributed by atoms with E-state index in [1.165, 1.54) is 38.5 Å². The van der Waals surface area contributed by atoms with E-state index in [-0.39, 0.29) is 33.2 Å². The smallest absolute Gasteiger partial charge is 0.0594 e. The highest BCUT2D eigenvalue weighted by molar-refractivity contribution is 5.45. The minimum Gasteiger partial charge on any atom is -0.396 e. The number of fused-ring (bicyclic) bond motifs is 7. The highest BCUT2D eigenvalue weighted by Crippen LogP contribution is 2.74. The fraction of sp³-hybridized carbons (Fsp3) is 0.867. The second-order valence-corrected chi connectivity index (χ2v) is 14.1. The van der Waals surface area contributed by atoms with Crippen molar-refractivity contribution in [2.75, 3.05) is 6.61 Å². The summed E-state index contributed by atoms with van der Waals surface area (Å²) in [5, 5.41) is 21.5. The van der Waals surface area contributed by atoms with Gasteiger partial charge in [0.15, 0.2) is 0 Å².